The first-order valence-electron chi connectivity index (χ1n) is 8.48. The largest absolute Gasteiger partial charge is 0.302 e. The molecule has 1 fully saturated rings. The van der Waals surface area contributed by atoms with Gasteiger partial charge in [0.25, 0.3) is 0 Å². The fraction of sp³-hybridized carbons (Fsp3) is 0.421. The third kappa shape index (κ3) is 4.02. The van der Waals surface area contributed by atoms with E-state index in [0.29, 0.717) is 28.4 Å². The van der Waals surface area contributed by atoms with Crippen LogP contribution in [0.2, 0.25) is 5.02 Å². The van der Waals surface area contributed by atoms with E-state index in [2.05, 4.69) is 23.3 Å². The molecule has 0 saturated heterocycles. The molecule has 1 aromatic heterocycles. The van der Waals surface area contributed by atoms with Gasteiger partial charge in [0.1, 0.15) is 0 Å². The minimum atomic E-state index is -0.00337. The predicted octanol–water partition coefficient (Wildman–Crippen LogP) is 5.37. The lowest BCUT2D eigenvalue weighted by atomic mass is 9.88. The second-order valence-corrected chi connectivity index (χ2v) is 7.94. The summed E-state index contributed by atoms with van der Waals surface area (Å²) in [5.74, 6) is 0.796. The van der Waals surface area contributed by atoms with Crippen molar-refractivity contribution in [2.45, 2.75) is 32.6 Å². The minimum Gasteiger partial charge on any atom is -0.302 e. The van der Waals surface area contributed by atoms with Crippen LogP contribution in [-0.4, -0.2) is 10.9 Å². The number of nitriles is 1. The smallest absolute Gasteiger partial charge is 0.229 e. The lowest BCUT2D eigenvalue weighted by Crippen LogP contribution is -2.26. The molecule has 2 aromatic rings. The van der Waals surface area contributed by atoms with E-state index in [9.17, 15) is 4.79 Å². The highest BCUT2D eigenvalue weighted by Gasteiger charge is 2.37. The Morgan fingerprint density at radius 2 is 2.24 bits per heavy atom. The van der Waals surface area contributed by atoms with Crippen LogP contribution >= 0.6 is 22.9 Å². The molecule has 25 heavy (non-hydrogen) atoms. The maximum atomic E-state index is 12.6. The molecule has 1 saturated carbocycles. The molecule has 4 nitrogen and oxygen atoms in total. The van der Waals surface area contributed by atoms with Gasteiger partial charge in [-0.15, -0.1) is 0 Å². The van der Waals surface area contributed by atoms with E-state index in [1.165, 1.54) is 11.3 Å². The first-order chi connectivity index (χ1) is 12.1. The van der Waals surface area contributed by atoms with Crippen LogP contribution < -0.4 is 5.32 Å². The maximum absolute atomic E-state index is 12.6. The van der Waals surface area contributed by atoms with Gasteiger partial charge in [0.2, 0.25) is 5.91 Å². The van der Waals surface area contributed by atoms with Crippen LogP contribution in [0.3, 0.4) is 0 Å². The van der Waals surface area contributed by atoms with Crippen molar-refractivity contribution < 1.29 is 4.79 Å². The standard InChI is InChI=1S/C19H20ClN3OS/c1-12-13(5-4-10-21)8-9-14(12)18(24)23-19-22-11-17(25-19)15-6-2-3-7-16(15)20/h2-3,6-7,11-14H,4-5,8-9H2,1H3,(H,22,23,24)/t12-,13?,14+/m1/s1. The summed E-state index contributed by atoms with van der Waals surface area (Å²) in [4.78, 5) is 17.9. The number of anilines is 1. The van der Waals surface area contributed by atoms with Crippen LogP contribution in [0, 0.1) is 29.1 Å². The summed E-state index contributed by atoms with van der Waals surface area (Å²) in [7, 11) is 0. The fourth-order valence-corrected chi connectivity index (χ4v) is 4.74. The lowest BCUT2D eigenvalue weighted by Gasteiger charge is -2.19. The van der Waals surface area contributed by atoms with Crippen LogP contribution in [0.25, 0.3) is 10.4 Å². The number of nitrogens with one attached hydrogen (secondary N) is 1. The summed E-state index contributed by atoms with van der Waals surface area (Å²) in [5.41, 5.74) is 0.924. The number of thiazole rings is 1. The molecule has 1 aliphatic rings. The van der Waals surface area contributed by atoms with Crippen molar-refractivity contribution in [3.8, 4) is 16.5 Å². The Hall–Kier alpha value is -1.90. The average molecular weight is 374 g/mol. The van der Waals surface area contributed by atoms with Crippen molar-refractivity contribution >= 4 is 34.0 Å². The van der Waals surface area contributed by atoms with Gasteiger partial charge in [-0.2, -0.15) is 5.26 Å². The number of aromatic nitrogens is 1. The second-order valence-electron chi connectivity index (χ2n) is 6.50. The highest BCUT2D eigenvalue weighted by atomic mass is 35.5. The predicted molar refractivity (Wildman–Crippen MR) is 101 cm³/mol. The Kier molecular flexibility index (Phi) is 5.72. The van der Waals surface area contributed by atoms with Crippen LogP contribution in [0.5, 0.6) is 0 Å². The molecule has 3 rings (SSSR count). The minimum absolute atomic E-state index is 0.00337. The lowest BCUT2D eigenvalue weighted by molar-refractivity contribution is -0.120. The fourth-order valence-electron chi connectivity index (χ4n) is 3.59. The zero-order chi connectivity index (χ0) is 17.8. The molecule has 1 aliphatic carbocycles. The van der Waals surface area contributed by atoms with Gasteiger partial charge in [-0.1, -0.05) is 48.1 Å². The molecule has 1 amide bonds. The number of nitrogens with zero attached hydrogens (tertiary/aromatic N) is 2. The zero-order valence-corrected chi connectivity index (χ0v) is 15.6. The van der Waals surface area contributed by atoms with Gasteiger partial charge in [-0.05, 0) is 37.2 Å². The molecule has 1 N–H and O–H groups in total. The molecule has 0 radical (unpaired) electrons. The highest BCUT2D eigenvalue weighted by Crippen LogP contribution is 2.40. The van der Waals surface area contributed by atoms with Gasteiger partial charge < -0.3 is 5.32 Å². The van der Waals surface area contributed by atoms with Crippen molar-refractivity contribution in [3.05, 3.63) is 35.5 Å². The number of halogens is 1. The number of amides is 1. The van der Waals surface area contributed by atoms with Crippen molar-refractivity contribution in [3.63, 3.8) is 0 Å². The van der Waals surface area contributed by atoms with Crippen LogP contribution in [-0.2, 0) is 4.79 Å². The van der Waals surface area contributed by atoms with Crippen LogP contribution in [0.1, 0.15) is 32.6 Å². The van der Waals surface area contributed by atoms with Crippen LogP contribution in [0.15, 0.2) is 30.5 Å². The molecular weight excluding hydrogens is 354 g/mol. The summed E-state index contributed by atoms with van der Waals surface area (Å²) in [6, 6.07) is 9.81. The monoisotopic (exact) mass is 373 g/mol. The summed E-state index contributed by atoms with van der Waals surface area (Å²) in [5, 5.41) is 13.0. The van der Waals surface area contributed by atoms with Crippen molar-refractivity contribution in [2.24, 2.45) is 17.8 Å². The Labute approximate surface area is 156 Å². The molecule has 1 unspecified atom stereocenters. The molecule has 1 heterocycles. The quantitative estimate of drug-likeness (QED) is 0.766. The highest BCUT2D eigenvalue weighted by molar-refractivity contribution is 7.19. The van der Waals surface area contributed by atoms with E-state index in [0.717, 1.165) is 29.7 Å². The van der Waals surface area contributed by atoms with Gasteiger partial charge >= 0.3 is 0 Å². The number of benzene rings is 1. The number of carbonyl (C=O) groups is 1. The summed E-state index contributed by atoms with van der Waals surface area (Å²) in [6.45, 7) is 2.12. The number of hydrogen-bond acceptors (Lipinski definition) is 4. The Balaban J connectivity index is 1.65. The Morgan fingerprint density at radius 1 is 1.44 bits per heavy atom. The third-order valence-corrected chi connectivity index (χ3v) is 6.34. The van der Waals surface area contributed by atoms with Gasteiger partial charge in [0.15, 0.2) is 5.13 Å². The summed E-state index contributed by atoms with van der Waals surface area (Å²) in [6.07, 6.45) is 5.09. The molecule has 3 atom stereocenters. The van der Waals surface area contributed by atoms with Gasteiger partial charge in [0, 0.05) is 29.1 Å². The molecule has 0 aliphatic heterocycles. The normalized spacial score (nSPS) is 22.5. The molecule has 130 valence electrons. The number of hydrogen-bond donors (Lipinski definition) is 1. The zero-order valence-electron chi connectivity index (χ0n) is 14.0. The summed E-state index contributed by atoms with van der Waals surface area (Å²) < 4.78 is 0. The first kappa shape index (κ1) is 17.9. The summed E-state index contributed by atoms with van der Waals surface area (Å²) >= 11 is 7.66. The van der Waals surface area contributed by atoms with Gasteiger partial charge in [-0.25, -0.2) is 4.98 Å². The molecule has 0 bridgehead atoms. The maximum Gasteiger partial charge on any atom is 0.229 e. The van der Waals surface area contributed by atoms with Crippen molar-refractivity contribution in [2.75, 3.05) is 5.32 Å². The SMILES string of the molecule is C[C@@H]1C(CCC#N)CC[C@@H]1C(=O)Nc1ncc(-c2ccccc2Cl)s1. The molecular formula is C19H20ClN3OS. The topological polar surface area (TPSA) is 65.8 Å². The van der Waals surface area contributed by atoms with E-state index < -0.39 is 0 Å². The molecule has 1 aromatic carbocycles. The van der Waals surface area contributed by atoms with Gasteiger partial charge in [-0.3, -0.25) is 4.79 Å². The number of carbonyl (C=O) groups excluding carboxylic acids is 1. The van der Waals surface area contributed by atoms with Gasteiger partial charge in [0.05, 0.1) is 10.9 Å². The molecule has 6 heteroatoms. The van der Waals surface area contributed by atoms with Crippen molar-refractivity contribution in [1.82, 2.24) is 4.98 Å². The van der Waals surface area contributed by atoms with E-state index in [-0.39, 0.29) is 11.8 Å². The number of rotatable bonds is 5. The van der Waals surface area contributed by atoms with E-state index >= 15 is 0 Å². The molecule has 0 spiro atoms. The van der Waals surface area contributed by atoms with E-state index in [1.807, 2.05) is 24.3 Å². The van der Waals surface area contributed by atoms with Crippen molar-refractivity contribution in [1.29, 1.82) is 5.26 Å². The van der Waals surface area contributed by atoms with E-state index in [1.54, 1.807) is 6.20 Å². The Morgan fingerprint density at radius 3 is 3.00 bits per heavy atom. The second kappa shape index (κ2) is 7.99. The first-order valence-corrected chi connectivity index (χ1v) is 9.68. The van der Waals surface area contributed by atoms with Crippen LogP contribution in [0.4, 0.5) is 5.13 Å². The third-order valence-electron chi connectivity index (χ3n) is 5.07. The average Bonchev–Trinajstić information content (AvgIpc) is 3.20. The Bertz CT molecular complexity index is 798. The van der Waals surface area contributed by atoms with E-state index in [4.69, 9.17) is 16.9 Å².